The van der Waals surface area contributed by atoms with E-state index < -0.39 is 0 Å². The molecule has 4 rings (SSSR count). The quantitative estimate of drug-likeness (QED) is 0.744. The van der Waals surface area contributed by atoms with E-state index in [-0.39, 0.29) is 12.7 Å². The van der Waals surface area contributed by atoms with E-state index in [1.54, 1.807) is 12.1 Å². The third-order valence-electron chi connectivity index (χ3n) is 4.56. The van der Waals surface area contributed by atoms with Gasteiger partial charge in [0, 0.05) is 23.4 Å². The van der Waals surface area contributed by atoms with Crippen LogP contribution in [0.25, 0.3) is 5.69 Å². The second-order valence-electron chi connectivity index (χ2n) is 6.27. The van der Waals surface area contributed by atoms with Gasteiger partial charge in [0.25, 0.3) is 5.91 Å². The Bertz CT molecular complexity index is 1020. The van der Waals surface area contributed by atoms with Gasteiger partial charge in [-0.05, 0) is 38.1 Å². The summed E-state index contributed by atoms with van der Waals surface area (Å²) in [5.74, 6) is 0.724. The van der Waals surface area contributed by atoms with Crippen LogP contribution >= 0.6 is 11.6 Å². The van der Waals surface area contributed by atoms with E-state index in [0.29, 0.717) is 28.6 Å². The van der Waals surface area contributed by atoms with Gasteiger partial charge >= 0.3 is 0 Å². The molecule has 0 saturated carbocycles. The second-order valence-corrected chi connectivity index (χ2v) is 6.68. The number of para-hydroxylation sites is 1. The number of benzene rings is 2. The molecule has 138 valence electrons. The minimum absolute atomic E-state index is 0.108. The molecular formula is C20H18ClN3O3. The van der Waals surface area contributed by atoms with Gasteiger partial charge in [-0.3, -0.25) is 4.79 Å². The number of carbonyl (C=O) groups excluding carboxylic acids is 1. The molecule has 0 aliphatic carbocycles. The highest BCUT2D eigenvalue weighted by Crippen LogP contribution is 2.39. The molecular weight excluding hydrogens is 366 g/mol. The van der Waals surface area contributed by atoms with E-state index >= 15 is 0 Å². The van der Waals surface area contributed by atoms with Crippen molar-refractivity contribution in [2.75, 3.05) is 6.79 Å². The summed E-state index contributed by atoms with van der Waals surface area (Å²) in [5.41, 5.74) is 4.26. The molecule has 1 aliphatic rings. The maximum atomic E-state index is 12.6. The number of amides is 1. The van der Waals surface area contributed by atoms with Crippen LogP contribution in [0.1, 0.15) is 27.3 Å². The summed E-state index contributed by atoms with van der Waals surface area (Å²) >= 11 is 6.16. The number of hydrogen-bond donors (Lipinski definition) is 1. The zero-order chi connectivity index (χ0) is 19.0. The fourth-order valence-corrected chi connectivity index (χ4v) is 3.39. The van der Waals surface area contributed by atoms with Crippen molar-refractivity contribution in [2.45, 2.75) is 20.4 Å². The first-order valence-electron chi connectivity index (χ1n) is 8.52. The molecule has 1 amide bonds. The molecule has 2 heterocycles. The number of carbonyl (C=O) groups is 1. The van der Waals surface area contributed by atoms with Crippen molar-refractivity contribution in [3.8, 4) is 17.2 Å². The average molecular weight is 384 g/mol. The van der Waals surface area contributed by atoms with Gasteiger partial charge in [-0.2, -0.15) is 5.10 Å². The molecule has 0 saturated heterocycles. The van der Waals surface area contributed by atoms with Crippen LogP contribution in [0.15, 0.2) is 42.5 Å². The Morgan fingerprint density at radius 2 is 2.00 bits per heavy atom. The molecule has 6 nitrogen and oxygen atoms in total. The largest absolute Gasteiger partial charge is 0.454 e. The monoisotopic (exact) mass is 383 g/mol. The van der Waals surface area contributed by atoms with Crippen LogP contribution < -0.4 is 14.8 Å². The van der Waals surface area contributed by atoms with Gasteiger partial charge in [0.05, 0.1) is 16.4 Å². The number of nitrogens with one attached hydrogen (secondary N) is 1. The summed E-state index contributed by atoms with van der Waals surface area (Å²) in [6.07, 6.45) is 0. The van der Waals surface area contributed by atoms with Crippen molar-refractivity contribution in [1.29, 1.82) is 0 Å². The summed E-state index contributed by atoms with van der Waals surface area (Å²) in [4.78, 5) is 12.6. The zero-order valence-corrected chi connectivity index (χ0v) is 15.7. The van der Waals surface area contributed by atoms with Crippen LogP contribution in [0.4, 0.5) is 0 Å². The van der Waals surface area contributed by atoms with Gasteiger partial charge in [-0.15, -0.1) is 0 Å². The van der Waals surface area contributed by atoms with E-state index in [4.69, 9.17) is 21.1 Å². The van der Waals surface area contributed by atoms with Gasteiger partial charge < -0.3 is 14.8 Å². The summed E-state index contributed by atoms with van der Waals surface area (Å²) in [6.45, 7) is 4.41. The minimum Gasteiger partial charge on any atom is -0.454 e. The highest BCUT2D eigenvalue weighted by atomic mass is 35.5. The Kier molecular flexibility index (Phi) is 4.49. The lowest BCUT2D eigenvalue weighted by atomic mass is 10.1. The van der Waals surface area contributed by atoms with E-state index in [1.165, 1.54) is 0 Å². The van der Waals surface area contributed by atoms with Gasteiger partial charge in [0.2, 0.25) is 6.79 Å². The summed E-state index contributed by atoms with van der Waals surface area (Å²) in [5, 5.41) is 7.89. The fourth-order valence-electron chi connectivity index (χ4n) is 3.12. The molecule has 0 unspecified atom stereocenters. The van der Waals surface area contributed by atoms with Gasteiger partial charge in [-0.25, -0.2) is 4.68 Å². The van der Waals surface area contributed by atoms with Crippen LogP contribution in [0, 0.1) is 13.8 Å². The van der Waals surface area contributed by atoms with E-state index in [1.807, 2.05) is 48.9 Å². The number of aromatic nitrogens is 2. The number of aryl methyl sites for hydroxylation is 1. The van der Waals surface area contributed by atoms with E-state index in [9.17, 15) is 4.79 Å². The van der Waals surface area contributed by atoms with Crippen molar-refractivity contribution < 1.29 is 14.3 Å². The Hall–Kier alpha value is -2.99. The molecule has 27 heavy (non-hydrogen) atoms. The number of hydrogen-bond acceptors (Lipinski definition) is 4. The number of ether oxygens (including phenoxy) is 2. The third-order valence-corrected chi connectivity index (χ3v) is 4.84. The minimum atomic E-state index is -0.235. The topological polar surface area (TPSA) is 65.4 Å². The Labute approximate surface area is 161 Å². The van der Waals surface area contributed by atoms with Crippen LogP contribution in [-0.4, -0.2) is 22.5 Å². The molecule has 7 heteroatoms. The number of rotatable bonds is 4. The third kappa shape index (κ3) is 3.24. The lowest BCUT2D eigenvalue weighted by molar-refractivity contribution is 0.0950. The molecule has 0 bridgehead atoms. The van der Waals surface area contributed by atoms with Crippen LogP contribution in [0.3, 0.4) is 0 Å². The second kappa shape index (κ2) is 6.96. The first-order chi connectivity index (χ1) is 13.0. The van der Waals surface area contributed by atoms with Crippen molar-refractivity contribution >= 4 is 17.5 Å². The number of fused-ring (bicyclic) bond motifs is 1. The molecule has 3 aromatic rings. The average Bonchev–Trinajstić information content (AvgIpc) is 3.25. The molecule has 1 aliphatic heterocycles. The van der Waals surface area contributed by atoms with Gasteiger partial charge in [-0.1, -0.05) is 29.8 Å². The Balaban J connectivity index is 1.53. The highest BCUT2D eigenvalue weighted by Gasteiger charge is 2.21. The molecule has 1 N–H and O–H groups in total. The standard InChI is InChI=1S/C20H18ClN3O3/c1-12-16(13(2)24(23-12)15-6-4-3-5-7-15)10-22-20(25)14-8-17(21)19-18(9-14)26-11-27-19/h3-9H,10-11H2,1-2H3,(H,22,25). The number of halogens is 1. The smallest absolute Gasteiger partial charge is 0.251 e. The maximum absolute atomic E-state index is 12.6. The normalized spacial score (nSPS) is 12.3. The van der Waals surface area contributed by atoms with Crippen molar-refractivity contribution in [1.82, 2.24) is 15.1 Å². The number of nitrogens with zero attached hydrogens (tertiary/aromatic N) is 2. The predicted octanol–water partition coefficient (Wildman–Crippen LogP) is 3.80. The predicted molar refractivity (Wildman–Crippen MR) is 102 cm³/mol. The zero-order valence-electron chi connectivity index (χ0n) is 15.0. The van der Waals surface area contributed by atoms with Gasteiger partial charge in [0.15, 0.2) is 11.5 Å². The Morgan fingerprint density at radius 1 is 1.22 bits per heavy atom. The summed E-state index contributed by atoms with van der Waals surface area (Å²) < 4.78 is 12.5. The maximum Gasteiger partial charge on any atom is 0.251 e. The lowest BCUT2D eigenvalue weighted by Gasteiger charge is -2.08. The van der Waals surface area contributed by atoms with E-state index in [0.717, 1.165) is 22.6 Å². The summed E-state index contributed by atoms with van der Waals surface area (Å²) in [7, 11) is 0. The molecule has 2 aromatic carbocycles. The fraction of sp³-hybridized carbons (Fsp3) is 0.200. The molecule has 0 radical (unpaired) electrons. The molecule has 0 atom stereocenters. The molecule has 0 spiro atoms. The summed E-state index contributed by atoms with van der Waals surface area (Å²) in [6, 6.07) is 13.1. The highest BCUT2D eigenvalue weighted by molar-refractivity contribution is 6.32. The SMILES string of the molecule is Cc1nn(-c2ccccc2)c(C)c1CNC(=O)c1cc(Cl)c2c(c1)OCO2. The first kappa shape index (κ1) is 17.4. The van der Waals surface area contributed by atoms with Gasteiger partial charge in [0.1, 0.15) is 0 Å². The molecule has 0 fully saturated rings. The van der Waals surface area contributed by atoms with Crippen molar-refractivity contribution in [2.24, 2.45) is 0 Å². The lowest BCUT2D eigenvalue weighted by Crippen LogP contribution is -2.23. The molecule has 1 aromatic heterocycles. The van der Waals surface area contributed by atoms with Crippen LogP contribution in [-0.2, 0) is 6.54 Å². The Morgan fingerprint density at radius 3 is 2.78 bits per heavy atom. The van der Waals surface area contributed by atoms with E-state index in [2.05, 4.69) is 10.4 Å². The van der Waals surface area contributed by atoms with Crippen molar-refractivity contribution in [3.05, 3.63) is 70.0 Å². The van der Waals surface area contributed by atoms with Crippen molar-refractivity contribution in [3.63, 3.8) is 0 Å². The van der Waals surface area contributed by atoms with Crippen LogP contribution in [0.2, 0.25) is 5.02 Å². The first-order valence-corrected chi connectivity index (χ1v) is 8.90. The van der Waals surface area contributed by atoms with Crippen LogP contribution in [0.5, 0.6) is 11.5 Å².